The lowest BCUT2D eigenvalue weighted by Crippen LogP contribution is -2.08. The summed E-state index contributed by atoms with van der Waals surface area (Å²) in [5.41, 5.74) is 12.7. The molecule has 0 N–H and O–H groups in total. The summed E-state index contributed by atoms with van der Waals surface area (Å²) in [4.78, 5) is 5.28. The molecule has 0 saturated carbocycles. The molecular formula is C30H28N2-. The van der Waals surface area contributed by atoms with E-state index in [0.29, 0.717) is 0 Å². The van der Waals surface area contributed by atoms with E-state index in [1.165, 1.54) is 55.3 Å². The zero-order valence-electron chi connectivity index (χ0n) is 19.7. The van der Waals surface area contributed by atoms with Gasteiger partial charge in [0, 0.05) is 11.3 Å². The Kier molecular flexibility index (Phi) is 4.89. The fraction of sp³-hybridized carbons (Fsp3) is 0.200. The Balaban J connectivity index is 1.74. The molecule has 0 amide bonds. The molecule has 0 bridgehead atoms. The average Bonchev–Trinajstić information content (AvgIpc) is 3.02. The SMILES string of the molecule is Cc1cc(C)c(N=C2[C]([N-]c3c(C)cc(C)cc3C)c3cccc4cccc2c34)c(C)c1. The predicted molar refractivity (Wildman–Crippen MR) is 137 cm³/mol. The number of aliphatic imine (C=N–C) groups is 1. The first-order valence-electron chi connectivity index (χ1n) is 11.2. The Morgan fingerprint density at radius 2 is 1.16 bits per heavy atom. The van der Waals surface area contributed by atoms with Crippen LogP contribution in [0.4, 0.5) is 11.4 Å². The minimum atomic E-state index is 0.964. The van der Waals surface area contributed by atoms with Gasteiger partial charge >= 0.3 is 0 Å². The van der Waals surface area contributed by atoms with E-state index in [4.69, 9.17) is 10.3 Å². The van der Waals surface area contributed by atoms with Crippen LogP contribution in [0.5, 0.6) is 0 Å². The lowest BCUT2D eigenvalue weighted by atomic mass is 10.0. The first kappa shape index (κ1) is 20.5. The molecule has 32 heavy (non-hydrogen) atoms. The Bertz CT molecular complexity index is 1360. The Labute approximate surface area is 191 Å². The number of hydrogen-bond acceptors (Lipinski definition) is 1. The standard InChI is InChI=1S/C30H28N2/c1-17-13-19(3)27(20(4)14-17)31-29-24-11-7-9-23-10-8-12-25(26(23)24)30(29)32-28-21(5)15-18(2)16-22(28)6/h7-16H,1-6H3/q-1. The van der Waals surface area contributed by atoms with Crippen LogP contribution in [-0.2, 0) is 0 Å². The van der Waals surface area contributed by atoms with Gasteiger partial charge in [-0.1, -0.05) is 82.9 Å². The highest BCUT2D eigenvalue weighted by atomic mass is 15.0. The smallest absolute Gasteiger partial charge is 0.0691 e. The van der Waals surface area contributed by atoms with Crippen molar-refractivity contribution in [2.75, 3.05) is 0 Å². The second-order valence-corrected chi connectivity index (χ2v) is 9.12. The van der Waals surface area contributed by atoms with Gasteiger partial charge in [0.05, 0.1) is 5.69 Å². The highest BCUT2D eigenvalue weighted by molar-refractivity contribution is 6.28. The van der Waals surface area contributed by atoms with Crippen LogP contribution in [0.1, 0.15) is 44.5 Å². The maximum absolute atomic E-state index is 5.28. The van der Waals surface area contributed by atoms with Crippen LogP contribution >= 0.6 is 0 Å². The topological polar surface area (TPSA) is 26.5 Å². The summed E-state index contributed by atoms with van der Waals surface area (Å²) in [5, 5.41) is 7.76. The van der Waals surface area contributed by atoms with Crippen LogP contribution < -0.4 is 0 Å². The summed E-state index contributed by atoms with van der Waals surface area (Å²) < 4.78 is 0. The molecule has 1 aliphatic rings. The molecule has 5 rings (SSSR count). The minimum Gasteiger partial charge on any atom is -0.670 e. The average molecular weight is 417 g/mol. The van der Waals surface area contributed by atoms with Crippen molar-refractivity contribution in [3.05, 3.63) is 117 Å². The van der Waals surface area contributed by atoms with E-state index < -0.39 is 0 Å². The van der Waals surface area contributed by atoms with E-state index in [0.717, 1.165) is 23.1 Å². The van der Waals surface area contributed by atoms with Gasteiger partial charge in [0.1, 0.15) is 0 Å². The maximum atomic E-state index is 5.28. The number of nitrogens with zero attached hydrogens (tertiary/aromatic N) is 2. The van der Waals surface area contributed by atoms with E-state index >= 15 is 0 Å². The Morgan fingerprint density at radius 1 is 0.625 bits per heavy atom. The molecule has 0 heterocycles. The van der Waals surface area contributed by atoms with Crippen LogP contribution in [-0.4, -0.2) is 5.71 Å². The molecular weight excluding hydrogens is 388 g/mol. The zero-order chi connectivity index (χ0) is 22.6. The summed E-state index contributed by atoms with van der Waals surface area (Å²) >= 11 is 0. The third-order valence-electron chi connectivity index (χ3n) is 6.36. The molecule has 1 radical (unpaired) electrons. The highest BCUT2D eigenvalue weighted by Gasteiger charge is 2.26. The largest absolute Gasteiger partial charge is 0.670 e. The van der Waals surface area contributed by atoms with Crippen LogP contribution in [0.2, 0.25) is 0 Å². The molecule has 1 aliphatic carbocycles. The van der Waals surface area contributed by atoms with Crippen molar-refractivity contribution >= 4 is 27.9 Å². The first-order valence-corrected chi connectivity index (χ1v) is 11.2. The predicted octanol–water partition coefficient (Wildman–Crippen LogP) is 8.41. The summed E-state index contributed by atoms with van der Waals surface area (Å²) in [6, 6.07) is 22.8. The molecule has 0 saturated heterocycles. The van der Waals surface area contributed by atoms with Crippen LogP contribution in [0.25, 0.3) is 16.1 Å². The molecule has 0 aliphatic heterocycles. The summed E-state index contributed by atoms with van der Waals surface area (Å²) in [6.07, 6.45) is 0. The molecule has 0 aromatic heterocycles. The quantitative estimate of drug-likeness (QED) is 0.320. The highest BCUT2D eigenvalue weighted by Crippen LogP contribution is 2.46. The van der Waals surface area contributed by atoms with Gasteiger partial charge in [0.15, 0.2) is 0 Å². The van der Waals surface area contributed by atoms with Crippen molar-refractivity contribution in [1.82, 2.24) is 0 Å². The fourth-order valence-corrected chi connectivity index (χ4v) is 5.14. The second-order valence-electron chi connectivity index (χ2n) is 9.12. The van der Waals surface area contributed by atoms with Gasteiger partial charge in [-0.3, -0.25) is 4.99 Å². The molecule has 2 nitrogen and oxygen atoms in total. The molecule has 159 valence electrons. The van der Waals surface area contributed by atoms with Gasteiger partial charge in [-0.25, -0.2) is 0 Å². The van der Waals surface area contributed by atoms with Crippen molar-refractivity contribution in [2.45, 2.75) is 41.5 Å². The molecule has 0 fully saturated rings. The van der Waals surface area contributed by atoms with Gasteiger partial charge in [-0.2, -0.15) is 0 Å². The molecule has 0 spiro atoms. The minimum absolute atomic E-state index is 0.964. The van der Waals surface area contributed by atoms with Crippen LogP contribution in [0.15, 0.2) is 65.7 Å². The normalized spacial score (nSPS) is 14.5. The fourth-order valence-electron chi connectivity index (χ4n) is 5.14. The second kappa shape index (κ2) is 7.63. The van der Waals surface area contributed by atoms with Gasteiger partial charge in [0.2, 0.25) is 0 Å². The van der Waals surface area contributed by atoms with Gasteiger partial charge < -0.3 is 5.32 Å². The molecule has 2 heteroatoms. The Morgan fingerprint density at radius 3 is 1.75 bits per heavy atom. The van der Waals surface area contributed by atoms with Crippen LogP contribution in [0, 0.1) is 47.6 Å². The number of rotatable bonds is 3. The molecule has 4 aromatic carbocycles. The van der Waals surface area contributed by atoms with E-state index in [2.05, 4.69) is 102 Å². The summed E-state index contributed by atoms with van der Waals surface area (Å²) in [7, 11) is 0. The zero-order valence-corrected chi connectivity index (χ0v) is 19.7. The van der Waals surface area contributed by atoms with Crippen molar-refractivity contribution in [3.8, 4) is 0 Å². The monoisotopic (exact) mass is 416 g/mol. The number of hydrogen-bond donors (Lipinski definition) is 0. The van der Waals surface area contributed by atoms with Crippen LogP contribution in [0.3, 0.4) is 0 Å². The van der Waals surface area contributed by atoms with Crippen molar-refractivity contribution in [3.63, 3.8) is 0 Å². The lowest BCUT2D eigenvalue weighted by molar-refractivity contribution is 1.27. The Hall–Kier alpha value is -3.39. The van der Waals surface area contributed by atoms with Gasteiger partial charge in [-0.05, 0) is 75.0 Å². The molecule has 4 aromatic rings. The lowest BCUT2D eigenvalue weighted by Gasteiger charge is -2.34. The third kappa shape index (κ3) is 3.31. The number of aryl methyl sites for hydroxylation is 6. The first-order chi connectivity index (χ1) is 15.3. The van der Waals surface area contributed by atoms with Crippen molar-refractivity contribution in [1.29, 1.82) is 0 Å². The third-order valence-corrected chi connectivity index (χ3v) is 6.36. The van der Waals surface area contributed by atoms with E-state index in [9.17, 15) is 0 Å². The number of benzene rings is 4. The van der Waals surface area contributed by atoms with Crippen molar-refractivity contribution in [2.24, 2.45) is 4.99 Å². The van der Waals surface area contributed by atoms with E-state index in [1.54, 1.807) is 0 Å². The maximum Gasteiger partial charge on any atom is 0.0691 e. The van der Waals surface area contributed by atoms with E-state index in [1.807, 2.05) is 0 Å². The van der Waals surface area contributed by atoms with Gasteiger partial charge in [0.25, 0.3) is 0 Å². The van der Waals surface area contributed by atoms with Crippen molar-refractivity contribution < 1.29 is 0 Å². The summed E-state index contributed by atoms with van der Waals surface area (Å²) in [5.74, 6) is 0. The summed E-state index contributed by atoms with van der Waals surface area (Å²) in [6.45, 7) is 12.9. The molecule has 0 atom stereocenters. The van der Waals surface area contributed by atoms with E-state index in [-0.39, 0.29) is 0 Å². The molecule has 0 unspecified atom stereocenters. The van der Waals surface area contributed by atoms with Gasteiger partial charge in [-0.15, -0.1) is 5.69 Å².